The lowest BCUT2D eigenvalue weighted by molar-refractivity contribution is -0.147. The maximum absolute atomic E-state index is 13.2. The van der Waals surface area contributed by atoms with Crippen LogP contribution in [0, 0.1) is 5.92 Å². The van der Waals surface area contributed by atoms with E-state index in [1.165, 1.54) is 0 Å². The summed E-state index contributed by atoms with van der Waals surface area (Å²) in [5.41, 5.74) is 3.72. The van der Waals surface area contributed by atoms with Crippen molar-refractivity contribution in [3.05, 3.63) is 71.8 Å². The third kappa shape index (κ3) is 11.3. The van der Waals surface area contributed by atoms with Crippen molar-refractivity contribution in [3.8, 4) is 0 Å². The first-order chi connectivity index (χ1) is 17.8. The number of nitrogens with one attached hydrogen (secondary N) is 3. The molecule has 0 bridgehead atoms. The molecule has 2 aromatic rings. The van der Waals surface area contributed by atoms with E-state index in [0.717, 1.165) is 24.0 Å². The molecule has 3 N–H and O–H groups in total. The second-order valence-corrected chi connectivity index (χ2v) is 9.14. The first-order valence-corrected chi connectivity index (χ1v) is 12.6. The minimum absolute atomic E-state index is 0.0516. The number of Topliss-reactive ketones (excluding diaryl/α,β-unsaturated/α-hetero) is 1. The molecule has 0 radical (unpaired) electrons. The average Bonchev–Trinajstić information content (AvgIpc) is 2.89. The van der Waals surface area contributed by atoms with Gasteiger partial charge in [-0.25, -0.2) is 10.3 Å². The van der Waals surface area contributed by atoms with Crippen molar-refractivity contribution >= 4 is 23.7 Å². The van der Waals surface area contributed by atoms with Gasteiger partial charge in [-0.1, -0.05) is 87.9 Å². The maximum Gasteiger partial charge on any atom is 0.408 e. The Morgan fingerprint density at radius 3 is 2.05 bits per heavy atom. The number of hydrogen-bond donors (Lipinski definition) is 3. The van der Waals surface area contributed by atoms with E-state index in [2.05, 4.69) is 16.1 Å². The van der Waals surface area contributed by atoms with Crippen molar-refractivity contribution in [2.75, 3.05) is 6.61 Å². The molecule has 2 rings (SSSR count). The van der Waals surface area contributed by atoms with E-state index in [-0.39, 0.29) is 25.6 Å². The van der Waals surface area contributed by atoms with Crippen molar-refractivity contribution in [2.24, 2.45) is 5.92 Å². The molecule has 2 aromatic carbocycles. The molecule has 0 aliphatic heterocycles. The Morgan fingerprint density at radius 1 is 0.838 bits per heavy atom. The Kier molecular flexibility index (Phi) is 12.8. The molecule has 0 aromatic heterocycles. The van der Waals surface area contributed by atoms with Gasteiger partial charge in [0.2, 0.25) is 11.7 Å². The number of benzene rings is 2. The molecule has 37 heavy (non-hydrogen) atoms. The predicted molar refractivity (Wildman–Crippen MR) is 139 cm³/mol. The van der Waals surface area contributed by atoms with Gasteiger partial charge in [0.25, 0.3) is 0 Å². The fourth-order valence-corrected chi connectivity index (χ4v) is 3.48. The summed E-state index contributed by atoms with van der Waals surface area (Å²) in [4.78, 5) is 56.1. The number of ether oxygens (including phenoxy) is 1. The molecular weight excluding hydrogens is 474 g/mol. The number of alkyl carbamates (subject to hydrolysis) is 1. The molecular formula is C28H37N3O6. The van der Waals surface area contributed by atoms with Crippen LogP contribution in [0.15, 0.2) is 60.7 Å². The summed E-state index contributed by atoms with van der Waals surface area (Å²) in [6.45, 7) is 6.11. The monoisotopic (exact) mass is 511 g/mol. The summed E-state index contributed by atoms with van der Waals surface area (Å²) in [7, 11) is 0. The van der Waals surface area contributed by atoms with E-state index in [4.69, 9.17) is 9.57 Å². The van der Waals surface area contributed by atoms with Gasteiger partial charge < -0.3 is 15.4 Å². The summed E-state index contributed by atoms with van der Waals surface area (Å²) in [5, 5.41) is 5.25. The number of carbonyl (C=O) groups excluding carboxylic acids is 4. The molecule has 0 heterocycles. The minimum Gasteiger partial charge on any atom is -0.445 e. The van der Waals surface area contributed by atoms with Crippen LogP contribution in [0.4, 0.5) is 4.79 Å². The fraction of sp³-hybridized carbons (Fsp3) is 0.429. The van der Waals surface area contributed by atoms with E-state index < -0.39 is 35.8 Å². The highest BCUT2D eigenvalue weighted by molar-refractivity contribution is 6.38. The van der Waals surface area contributed by atoms with Crippen molar-refractivity contribution in [3.63, 3.8) is 0 Å². The highest BCUT2D eigenvalue weighted by Gasteiger charge is 2.31. The van der Waals surface area contributed by atoms with Gasteiger partial charge in [0.05, 0.1) is 6.61 Å². The number of rotatable bonds is 15. The molecule has 0 aliphatic carbocycles. The van der Waals surface area contributed by atoms with Gasteiger partial charge in [0.15, 0.2) is 0 Å². The SMILES string of the molecule is CCCCONC(=O)C(=O)[C@H](Cc1ccccc1)NC(=O)[C@H](CC(C)C)NC(=O)OCc1ccccc1. The lowest BCUT2D eigenvalue weighted by atomic mass is 9.99. The van der Waals surface area contributed by atoms with Crippen LogP contribution in [-0.2, 0) is 37.0 Å². The van der Waals surface area contributed by atoms with Crippen molar-refractivity contribution < 1.29 is 28.8 Å². The Bertz CT molecular complexity index is 997. The molecule has 0 saturated heterocycles. The molecule has 2 atom stereocenters. The van der Waals surface area contributed by atoms with Crippen molar-refractivity contribution in [1.29, 1.82) is 0 Å². The summed E-state index contributed by atoms with van der Waals surface area (Å²) in [5.74, 6) is -2.32. The Labute approximate surface area is 218 Å². The first kappa shape index (κ1) is 29.5. The van der Waals surface area contributed by atoms with Crippen LogP contribution >= 0.6 is 0 Å². The normalized spacial score (nSPS) is 12.3. The molecule has 9 nitrogen and oxygen atoms in total. The fourth-order valence-electron chi connectivity index (χ4n) is 3.48. The average molecular weight is 512 g/mol. The second-order valence-electron chi connectivity index (χ2n) is 9.14. The van der Waals surface area contributed by atoms with Gasteiger partial charge in [0, 0.05) is 6.42 Å². The van der Waals surface area contributed by atoms with Crippen LogP contribution in [0.3, 0.4) is 0 Å². The lowest BCUT2D eigenvalue weighted by Crippen LogP contribution is -2.55. The third-order valence-corrected chi connectivity index (χ3v) is 5.43. The Morgan fingerprint density at radius 2 is 1.46 bits per heavy atom. The van der Waals surface area contributed by atoms with Gasteiger partial charge in [-0.3, -0.25) is 19.2 Å². The van der Waals surface area contributed by atoms with E-state index in [1.54, 1.807) is 24.3 Å². The van der Waals surface area contributed by atoms with E-state index >= 15 is 0 Å². The van der Waals surface area contributed by atoms with Gasteiger partial charge in [0.1, 0.15) is 18.7 Å². The van der Waals surface area contributed by atoms with Crippen LogP contribution in [0.5, 0.6) is 0 Å². The largest absolute Gasteiger partial charge is 0.445 e. The number of ketones is 1. The number of amides is 3. The Hall–Kier alpha value is -3.72. The predicted octanol–water partition coefficient (Wildman–Crippen LogP) is 3.47. The number of unbranched alkanes of at least 4 members (excludes halogenated alkanes) is 1. The number of hydroxylamine groups is 1. The zero-order chi connectivity index (χ0) is 27.0. The highest BCUT2D eigenvalue weighted by atomic mass is 16.7. The van der Waals surface area contributed by atoms with Crippen LogP contribution in [0.25, 0.3) is 0 Å². The minimum atomic E-state index is -1.15. The summed E-state index contributed by atoms with van der Waals surface area (Å²) >= 11 is 0. The Balaban J connectivity index is 2.09. The van der Waals surface area contributed by atoms with Gasteiger partial charge in [-0.2, -0.15) is 0 Å². The number of hydrogen-bond acceptors (Lipinski definition) is 6. The molecule has 0 aliphatic rings. The molecule has 0 saturated carbocycles. The van der Waals surface area contributed by atoms with E-state index in [9.17, 15) is 19.2 Å². The maximum atomic E-state index is 13.2. The molecule has 0 unspecified atom stereocenters. The highest BCUT2D eigenvalue weighted by Crippen LogP contribution is 2.09. The van der Waals surface area contributed by atoms with Crippen LogP contribution in [0.2, 0.25) is 0 Å². The molecule has 0 spiro atoms. The molecule has 3 amide bonds. The van der Waals surface area contributed by atoms with Crippen LogP contribution in [0.1, 0.15) is 51.2 Å². The van der Waals surface area contributed by atoms with Crippen LogP contribution < -0.4 is 16.1 Å². The third-order valence-electron chi connectivity index (χ3n) is 5.43. The number of carbonyl (C=O) groups is 4. The van der Waals surface area contributed by atoms with E-state index in [1.807, 2.05) is 57.2 Å². The summed E-state index contributed by atoms with van der Waals surface area (Å²) in [6, 6.07) is 16.1. The van der Waals surface area contributed by atoms with Crippen molar-refractivity contribution in [2.45, 2.75) is 65.1 Å². The summed E-state index contributed by atoms with van der Waals surface area (Å²) < 4.78 is 5.26. The van der Waals surface area contributed by atoms with Crippen LogP contribution in [-0.4, -0.2) is 42.4 Å². The smallest absolute Gasteiger partial charge is 0.408 e. The molecule has 9 heteroatoms. The van der Waals surface area contributed by atoms with Crippen molar-refractivity contribution in [1.82, 2.24) is 16.1 Å². The topological polar surface area (TPSA) is 123 Å². The zero-order valence-corrected chi connectivity index (χ0v) is 21.7. The summed E-state index contributed by atoms with van der Waals surface area (Å²) in [6.07, 6.45) is 1.25. The van der Waals surface area contributed by atoms with E-state index in [0.29, 0.717) is 6.42 Å². The van der Waals surface area contributed by atoms with Gasteiger partial charge in [-0.15, -0.1) is 0 Å². The first-order valence-electron chi connectivity index (χ1n) is 12.6. The second kappa shape index (κ2) is 16.1. The standard InChI is InChI=1S/C28H37N3O6/c1-4-5-16-37-31-27(34)25(32)23(18-21-12-8-6-9-13-21)29-26(33)24(17-20(2)3)30-28(35)36-19-22-14-10-7-11-15-22/h6-15,20,23-24H,4-5,16-19H2,1-3H3,(H,29,33)(H,30,35)(H,31,34)/t23-,24-/m0/s1. The van der Waals surface area contributed by atoms with Gasteiger partial charge in [-0.05, 0) is 29.9 Å². The molecule has 0 fully saturated rings. The van der Waals surface area contributed by atoms with Gasteiger partial charge >= 0.3 is 12.0 Å². The zero-order valence-electron chi connectivity index (χ0n) is 21.7. The quantitative estimate of drug-likeness (QED) is 0.191. The lowest BCUT2D eigenvalue weighted by Gasteiger charge is -2.23. The molecule has 200 valence electrons.